The van der Waals surface area contributed by atoms with Crippen LogP contribution in [0.15, 0.2) is 52.1 Å². The highest BCUT2D eigenvalue weighted by molar-refractivity contribution is 7.92. The van der Waals surface area contributed by atoms with E-state index in [0.29, 0.717) is 0 Å². The third kappa shape index (κ3) is 4.87. The van der Waals surface area contributed by atoms with Gasteiger partial charge in [-0.1, -0.05) is 32.0 Å². The Hall–Kier alpha value is -3.60. The van der Waals surface area contributed by atoms with Gasteiger partial charge in [-0.15, -0.1) is 0 Å². The second-order valence-electron chi connectivity index (χ2n) is 10.2. The van der Waals surface area contributed by atoms with E-state index in [-0.39, 0.29) is 56.8 Å². The molecule has 11 heteroatoms. The molecule has 1 fully saturated rings. The predicted octanol–water partition coefficient (Wildman–Crippen LogP) is 5.25. The molecule has 4 aromatic rings. The highest BCUT2D eigenvalue weighted by atomic mass is 32.2. The largest absolute Gasteiger partial charge is 0.493 e. The summed E-state index contributed by atoms with van der Waals surface area (Å²) in [5.41, 5.74) is 0.961. The zero-order valence-electron chi connectivity index (χ0n) is 21.1. The van der Waals surface area contributed by atoms with Gasteiger partial charge in [-0.3, -0.25) is 9.40 Å². The number of nitrogens with one attached hydrogen (secondary N) is 1. The lowest BCUT2D eigenvalue weighted by molar-refractivity contribution is 0.116. The van der Waals surface area contributed by atoms with E-state index in [0.717, 1.165) is 24.8 Å². The van der Waals surface area contributed by atoms with Gasteiger partial charge in [0.25, 0.3) is 10.0 Å². The third-order valence-corrected chi connectivity index (χ3v) is 7.86. The second-order valence-corrected chi connectivity index (χ2v) is 11.8. The predicted molar refractivity (Wildman–Crippen MR) is 136 cm³/mol. The van der Waals surface area contributed by atoms with Gasteiger partial charge in [-0.05, 0) is 54.5 Å². The molecule has 0 saturated heterocycles. The fourth-order valence-electron chi connectivity index (χ4n) is 4.18. The van der Waals surface area contributed by atoms with Crippen LogP contribution in [0.25, 0.3) is 11.0 Å². The summed E-state index contributed by atoms with van der Waals surface area (Å²) in [6, 6.07) is 8.37. The molecule has 1 N–H and O–H groups in total. The van der Waals surface area contributed by atoms with Crippen LogP contribution in [0.4, 0.5) is 10.2 Å². The summed E-state index contributed by atoms with van der Waals surface area (Å²) < 4.78 is 63.5. The quantitative estimate of drug-likeness (QED) is 0.333. The number of sulfonamides is 1. The minimum absolute atomic E-state index is 0.0160. The molecule has 1 saturated carbocycles. The SMILES string of the molecule is COc1c(F)c(Cn2cccn2)cc2onc(NS(=O)(=O)c3cc(C(C)(C)C)ccc3OC3CCC3)c12. The van der Waals surface area contributed by atoms with Gasteiger partial charge < -0.3 is 14.0 Å². The van der Waals surface area contributed by atoms with Gasteiger partial charge in [0.1, 0.15) is 16.0 Å². The smallest absolute Gasteiger partial charge is 0.266 e. The van der Waals surface area contributed by atoms with E-state index in [1.165, 1.54) is 13.2 Å². The first-order valence-electron chi connectivity index (χ1n) is 12.0. The highest BCUT2D eigenvalue weighted by Crippen LogP contribution is 2.39. The van der Waals surface area contributed by atoms with Crippen LogP contribution < -0.4 is 14.2 Å². The zero-order chi connectivity index (χ0) is 26.4. The van der Waals surface area contributed by atoms with Crippen LogP contribution in [0.1, 0.15) is 51.2 Å². The molecule has 2 aromatic carbocycles. The van der Waals surface area contributed by atoms with Crippen molar-refractivity contribution in [3.63, 3.8) is 0 Å². The molecule has 2 heterocycles. The van der Waals surface area contributed by atoms with E-state index < -0.39 is 15.8 Å². The summed E-state index contributed by atoms with van der Waals surface area (Å²) in [5.74, 6) is -0.740. The van der Waals surface area contributed by atoms with Crippen molar-refractivity contribution in [1.29, 1.82) is 0 Å². The number of hydrogen-bond donors (Lipinski definition) is 1. The zero-order valence-corrected chi connectivity index (χ0v) is 21.9. The van der Waals surface area contributed by atoms with Crippen molar-refractivity contribution in [1.82, 2.24) is 14.9 Å². The Balaban J connectivity index is 1.55. The Bertz CT molecular complexity index is 1540. The number of fused-ring (bicyclic) bond motifs is 1. The molecule has 9 nitrogen and oxygen atoms in total. The Morgan fingerprint density at radius 3 is 2.65 bits per heavy atom. The molecule has 196 valence electrons. The van der Waals surface area contributed by atoms with E-state index >= 15 is 4.39 Å². The number of benzene rings is 2. The normalized spacial score (nSPS) is 14.5. The van der Waals surface area contributed by atoms with Crippen LogP contribution in [-0.4, -0.2) is 36.6 Å². The number of halogens is 1. The van der Waals surface area contributed by atoms with E-state index in [4.69, 9.17) is 14.0 Å². The molecular weight excluding hydrogens is 499 g/mol. The average Bonchev–Trinajstić information content (AvgIpc) is 3.46. The maximum absolute atomic E-state index is 15.4. The maximum atomic E-state index is 15.4. The molecule has 0 spiro atoms. The topological polar surface area (TPSA) is 108 Å². The van der Waals surface area contributed by atoms with E-state index in [1.807, 2.05) is 26.8 Å². The fourth-order valence-corrected chi connectivity index (χ4v) is 5.34. The molecule has 0 radical (unpaired) electrons. The number of ether oxygens (including phenoxy) is 2. The Morgan fingerprint density at radius 1 is 1.24 bits per heavy atom. The molecule has 0 unspecified atom stereocenters. The summed E-state index contributed by atoms with van der Waals surface area (Å²) in [7, 11) is -2.89. The first kappa shape index (κ1) is 25.1. The molecule has 0 aliphatic heterocycles. The monoisotopic (exact) mass is 528 g/mol. The van der Waals surface area contributed by atoms with E-state index in [2.05, 4.69) is 15.0 Å². The number of methoxy groups -OCH3 is 1. The van der Waals surface area contributed by atoms with Gasteiger partial charge in [0, 0.05) is 18.0 Å². The number of nitrogens with zero attached hydrogens (tertiary/aromatic N) is 3. The van der Waals surface area contributed by atoms with Crippen LogP contribution in [0, 0.1) is 5.82 Å². The van der Waals surface area contributed by atoms with Gasteiger partial charge in [-0.2, -0.15) is 5.10 Å². The van der Waals surface area contributed by atoms with Gasteiger partial charge in [0.2, 0.25) is 0 Å². The van der Waals surface area contributed by atoms with Crippen molar-refractivity contribution in [3.05, 3.63) is 59.7 Å². The Kier molecular flexibility index (Phi) is 6.35. The minimum Gasteiger partial charge on any atom is -0.493 e. The molecule has 1 aliphatic carbocycles. The van der Waals surface area contributed by atoms with Crippen LogP contribution in [0.2, 0.25) is 0 Å². The molecule has 5 rings (SSSR count). The highest BCUT2D eigenvalue weighted by Gasteiger charge is 2.30. The van der Waals surface area contributed by atoms with Crippen molar-refractivity contribution in [3.8, 4) is 11.5 Å². The Labute approximate surface area is 214 Å². The third-order valence-electron chi connectivity index (χ3n) is 6.50. The van der Waals surface area contributed by atoms with E-state index in [1.54, 1.807) is 35.3 Å². The van der Waals surface area contributed by atoms with Crippen LogP contribution in [0.3, 0.4) is 0 Å². The standard InChI is InChI=1S/C26H29FN4O5S/c1-26(2,3)17-9-10-19(35-18-7-5-8-18)21(14-17)37(32,33)30-25-22-20(36-29-25)13-16(23(27)24(22)34-4)15-31-12-6-11-28-31/h6,9-14,18H,5,7-8,15H2,1-4H3,(H,29,30). The number of hydrogen-bond acceptors (Lipinski definition) is 7. The van der Waals surface area contributed by atoms with Crippen LogP contribution in [-0.2, 0) is 22.0 Å². The summed E-state index contributed by atoms with van der Waals surface area (Å²) in [6.45, 7) is 6.13. The lowest BCUT2D eigenvalue weighted by Crippen LogP contribution is -2.26. The van der Waals surface area contributed by atoms with Crippen molar-refractivity contribution in [2.45, 2.75) is 63.0 Å². The number of aromatic nitrogens is 3. The van der Waals surface area contributed by atoms with Crippen molar-refractivity contribution in [2.24, 2.45) is 0 Å². The lowest BCUT2D eigenvalue weighted by Gasteiger charge is -2.28. The van der Waals surface area contributed by atoms with Crippen molar-refractivity contribution < 1.29 is 26.8 Å². The molecule has 2 aromatic heterocycles. The molecule has 0 amide bonds. The molecule has 37 heavy (non-hydrogen) atoms. The van der Waals surface area contributed by atoms with E-state index in [9.17, 15) is 8.42 Å². The fraction of sp³-hybridized carbons (Fsp3) is 0.385. The number of rotatable bonds is 8. The van der Waals surface area contributed by atoms with Crippen molar-refractivity contribution >= 4 is 26.8 Å². The number of anilines is 1. The average molecular weight is 529 g/mol. The lowest BCUT2D eigenvalue weighted by atomic mass is 9.87. The Morgan fingerprint density at radius 2 is 2.03 bits per heavy atom. The van der Waals surface area contributed by atoms with Gasteiger partial charge >= 0.3 is 0 Å². The molecule has 1 aliphatic rings. The van der Waals surface area contributed by atoms with Crippen LogP contribution in [0.5, 0.6) is 11.5 Å². The molecule has 0 bridgehead atoms. The van der Waals surface area contributed by atoms with Gasteiger partial charge in [0.15, 0.2) is 23.0 Å². The first-order valence-corrected chi connectivity index (χ1v) is 13.5. The van der Waals surface area contributed by atoms with Crippen LogP contribution >= 0.6 is 0 Å². The van der Waals surface area contributed by atoms with Gasteiger partial charge in [0.05, 0.1) is 19.8 Å². The van der Waals surface area contributed by atoms with Crippen molar-refractivity contribution in [2.75, 3.05) is 11.8 Å². The maximum Gasteiger partial charge on any atom is 0.266 e. The summed E-state index contributed by atoms with van der Waals surface area (Å²) in [6.07, 6.45) is 6.06. The molecular formula is C26H29FN4O5S. The summed E-state index contributed by atoms with van der Waals surface area (Å²) in [5, 5.41) is 8.09. The van der Waals surface area contributed by atoms with Gasteiger partial charge in [-0.25, -0.2) is 12.8 Å². The molecule has 0 atom stereocenters. The second kappa shape index (κ2) is 9.37. The summed E-state index contributed by atoms with van der Waals surface area (Å²) >= 11 is 0. The first-order chi connectivity index (χ1) is 17.6. The summed E-state index contributed by atoms with van der Waals surface area (Å²) in [4.78, 5) is -0.0160. The minimum atomic E-state index is -4.20.